The SMILES string of the molecule is CS(=O)(=O)c1ccc(C2=C(OCC3CC3)C(=O)OC2)cc1. The fourth-order valence-corrected chi connectivity index (χ4v) is 2.77. The molecule has 0 atom stereocenters. The van der Waals surface area contributed by atoms with Crippen LogP contribution in [-0.2, 0) is 24.1 Å². The normalized spacial score (nSPS) is 18.8. The van der Waals surface area contributed by atoms with Gasteiger partial charge in [0.15, 0.2) is 9.84 Å². The van der Waals surface area contributed by atoms with Crippen LogP contribution in [0.25, 0.3) is 5.57 Å². The summed E-state index contributed by atoms with van der Waals surface area (Å²) in [6.45, 7) is 0.701. The molecule has 0 aromatic heterocycles. The zero-order valence-electron chi connectivity index (χ0n) is 11.7. The van der Waals surface area contributed by atoms with Crippen LogP contribution < -0.4 is 0 Å². The highest BCUT2D eigenvalue weighted by Crippen LogP contribution is 2.32. The van der Waals surface area contributed by atoms with Crippen LogP contribution in [0.4, 0.5) is 0 Å². The van der Waals surface area contributed by atoms with E-state index in [-0.39, 0.29) is 17.3 Å². The van der Waals surface area contributed by atoms with E-state index in [4.69, 9.17) is 9.47 Å². The summed E-state index contributed by atoms with van der Waals surface area (Å²) < 4.78 is 33.5. The second-order valence-corrected chi connectivity index (χ2v) is 7.45. The van der Waals surface area contributed by atoms with Crippen LogP contribution in [0, 0.1) is 5.92 Å². The molecule has 5 nitrogen and oxygen atoms in total. The van der Waals surface area contributed by atoms with Gasteiger partial charge in [-0.05, 0) is 36.5 Å². The summed E-state index contributed by atoms with van der Waals surface area (Å²) in [4.78, 5) is 12.0. The molecule has 0 unspecified atom stereocenters. The Labute approximate surface area is 123 Å². The topological polar surface area (TPSA) is 69.7 Å². The summed E-state index contributed by atoms with van der Waals surface area (Å²) in [7, 11) is -3.23. The summed E-state index contributed by atoms with van der Waals surface area (Å²) in [5.74, 6) is 0.353. The van der Waals surface area contributed by atoms with E-state index in [0.29, 0.717) is 18.1 Å². The van der Waals surface area contributed by atoms with Gasteiger partial charge in [0.25, 0.3) is 0 Å². The van der Waals surface area contributed by atoms with Gasteiger partial charge in [-0.15, -0.1) is 0 Å². The second-order valence-electron chi connectivity index (χ2n) is 5.43. The van der Waals surface area contributed by atoms with E-state index in [1.807, 2.05) is 0 Å². The van der Waals surface area contributed by atoms with Crippen molar-refractivity contribution >= 4 is 21.4 Å². The van der Waals surface area contributed by atoms with Crippen molar-refractivity contribution in [1.82, 2.24) is 0 Å². The largest absolute Gasteiger partial charge is 0.486 e. The molecule has 1 aromatic rings. The summed E-state index contributed by atoms with van der Waals surface area (Å²) in [5, 5.41) is 0. The Hall–Kier alpha value is -1.82. The third-order valence-electron chi connectivity index (χ3n) is 3.60. The maximum Gasteiger partial charge on any atom is 0.374 e. The molecule has 2 aliphatic rings. The quantitative estimate of drug-likeness (QED) is 0.776. The molecule has 1 aliphatic carbocycles. The Morgan fingerprint density at radius 3 is 2.48 bits per heavy atom. The van der Waals surface area contributed by atoms with Gasteiger partial charge < -0.3 is 9.47 Å². The minimum absolute atomic E-state index is 0.164. The Morgan fingerprint density at radius 2 is 1.90 bits per heavy atom. The van der Waals surface area contributed by atoms with E-state index in [1.54, 1.807) is 12.1 Å². The maximum absolute atomic E-state index is 11.7. The number of benzene rings is 1. The maximum atomic E-state index is 11.7. The summed E-state index contributed by atoms with van der Waals surface area (Å²) in [5.41, 5.74) is 1.43. The van der Waals surface area contributed by atoms with E-state index in [1.165, 1.54) is 12.1 Å². The van der Waals surface area contributed by atoms with Crippen molar-refractivity contribution in [3.63, 3.8) is 0 Å². The molecule has 1 aromatic carbocycles. The Morgan fingerprint density at radius 1 is 1.24 bits per heavy atom. The lowest BCUT2D eigenvalue weighted by atomic mass is 10.1. The van der Waals surface area contributed by atoms with Gasteiger partial charge in [-0.1, -0.05) is 12.1 Å². The Bertz CT molecular complexity index is 696. The number of carbonyl (C=O) groups is 1. The lowest BCUT2D eigenvalue weighted by molar-refractivity contribution is -0.139. The Balaban J connectivity index is 1.87. The average Bonchev–Trinajstić information content (AvgIpc) is 3.19. The van der Waals surface area contributed by atoms with E-state index in [2.05, 4.69) is 0 Å². The molecule has 0 saturated heterocycles. The molecule has 0 amide bonds. The van der Waals surface area contributed by atoms with Gasteiger partial charge in [-0.3, -0.25) is 0 Å². The predicted octanol–water partition coefficient (Wildman–Crippen LogP) is 1.78. The monoisotopic (exact) mass is 308 g/mol. The zero-order chi connectivity index (χ0) is 15.0. The third kappa shape index (κ3) is 3.10. The highest BCUT2D eigenvalue weighted by molar-refractivity contribution is 7.90. The number of hydrogen-bond acceptors (Lipinski definition) is 5. The van der Waals surface area contributed by atoms with Crippen molar-refractivity contribution in [1.29, 1.82) is 0 Å². The van der Waals surface area contributed by atoms with Gasteiger partial charge >= 0.3 is 5.97 Å². The van der Waals surface area contributed by atoms with Crippen molar-refractivity contribution in [2.45, 2.75) is 17.7 Å². The predicted molar refractivity (Wildman–Crippen MR) is 76.1 cm³/mol. The molecule has 1 heterocycles. The number of hydrogen-bond donors (Lipinski definition) is 0. The minimum atomic E-state index is -3.23. The van der Waals surface area contributed by atoms with Gasteiger partial charge in [0.05, 0.1) is 11.5 Å². The molecule has 0 bridgehead atoms. The number of ether oxygens (including phenoxy) is 2. The van der Waals surface area contributed by atoms with E-state index < -0.39 is 15.8 Å². The molecule has 1 saturated carbocycles. The Kier molecular flexibility index (Phi) is 3.49. The standard InChI is InChI=1S/C15H16O5S/c1-21(17,18)12-6-4-11(5-7-12)13-9-20-15(16)14(13)19-8-10-2-3-10/h4-7,10H,2-3,8-9H2,1H3. The molecule has 21 heavy (non-hydrogen) atoms. The number of cyclic esters (lactones) is 1. The van der Waals surface area contributed by atoms with Crippen LogP contribution >= 0.6 is 0 Å². The van der Waals surface area contributed by atoms with Crippen LogP contribution in [0.15, 0.2) is 34.9 Å². The van der Waals surface area contributed by atoms with Gasteiger partial charge in [0.2, 0.25) is 5.76 Å². The van der Waals surface area contributed by atoms with Gasteiger partial charge in [-0.25, -0.2) is 13.2 Å². The van der Waals surface area contributed by atoms with Crippen LogP contribution in [0.5, 0.6) is 0 Å². The molecule has 112 valence electrons. The minimum Gasteiger partial charge on any atom is -0.486 e. The fourth-order valence-electron chi connectivity index (χ4n) is 2.14. The number of carbonyl (C=O) groups excluding carboxylic acids is 1. The molecule has 6 heteroatoms. The van der Waals surface area contributed by atoms with E-state index in [9.17, 15) is 13.2 Å². The molecule has 1 aliphatic heterocycles. The van der Waals surface area contributed by atoms with E-state index >= 15 is 0 Å². The molecular weight excluding hydrogens is 292 g/mol. The summed E-state index contributed by atoms with van der Waals surface area (Å²) >= 11 is 0. The third-order valence-corrected chi connectivity index (χ3v) is 4.73. The molecule has 0 spiro atoms. The van der Waals surface area contributed by atoms with Crippen LogP contribution in [-0.4, -0.2) is 33.9 Å². The first-order valence-corrected chi connectivity index (χ1v) is 8.68. The van der Waals surface area contributed by atoms with Crippen molar-refractivity contribution < 1.29 is 22.7 Å². The lowest BCUT2D eigenvalue weighted by Crippen LogP contribution is -2.05. The van der Waals surface area contributed by atoms with Crippen LogP contribution in [0.3, 0.4) is 0 Å². The second kappa shape index (κ2) is 5.18. The first-order valence-electron chi connectivity index (χ1n) is 6.79. The van der Waals surface area contributed by atoms with Crippen molar-refractivity contribution in [2.24, 2.45) is 5.92 Å². The summed E-state index contributed by atoms with van der Waals surface area (Å²) in [6, 6.07) is 6.40. The molecule has 3 rings (SSSR count). The van der Waals surface area contributed by atoms with Gasteiger partial charge in [-0.2, -0.15) is 0 Å². The smallest absolute Gasteiger partial charge is 0.374 e. The molecule has 1 fully saturated rings. The van der Waals surface area contributed by atoms with Crippen molar-refractivity contribution in [3.05, 3.63) is 35.6 Å². The number of rotatable bonds is 5. The van der Waals surface area contributed by atoms with Gasteiger partial charge in [0.1, 0.15) is 6.61 Å². The number of esters is 1. The van der Waals surface area contributed by atoms with Crippen LogP contribution in [0.2, 0.25) is 0 Å². The van der Waals surface area contributed by atoms with Gasteiger partial charge in [0, 0.05) is 11.8 Å². The number of sulfone groups is 1. The van der Waals surface area contributed by atoms with Crippen LogP contribution in [0.1, 0.15) is 18.4 Å². The lowest BCUT2D eigenvalue weighted by Gasteiger charge is -2.07. The van der Waals surface area contributed by atoms with E-state index in [0.717, 1.165) is 24.7 Å². The van der Waals surface area contributed by atoms with Crippen molar-refractivity contribution in [3.8, 4) is 0 Å². The zero-order valence-corrected chi connectivity index (χ0v) is 12.5. The molecular formula is C15H16O5S. The highest BCUT2D eigenvalue weighted by atomic mass is 32.2. The van der Waals surface area contributed by atoms with Crippen molar-refractivity contribution in [2.75, 3.05) is 19.5 Å². The molecule has 0 N–H and O–H groups in total. The first kappa shape index (κ1) is 14.1. The highest BCUT2D eigenvalue weighted by Gasteiger charge is 2.30. The summed E-state index contributed by atoms with van der Waals surface area (Å²) in [6.07, 6.45) is 3.44. The fraction of sp³-hybridized carbons (Fsp3) is 0.400. The average molecular weight is 308 g/mol. The first-order chi connectivity index (χ1) is 9.95. The molecule has 0 radical (unpaired) electrons.